The molecule has 0 saturated heterocycles. The average Bonchev–Trinajstić information content (AvgIpc) is 2.59. The number of alkyl halides is 3. The third-order valence-corrected chi connectivity index (χ3v) is 3.81. The van der Waals surface area contributed by atoms with Gasteiger partial charge in [0, 0.05) is 12.3 Å². The highest BCUT2D eigenvalue weighted by atomic mass is 35.5. The number of halogens is 5. The van der Waals surface area contributed by atoms with Gasteiger partial charge in [-0.1, -0.05) is 23.2 Å². The SMILES string of the molecule is O=c1[nH]c(-c2cccnn2)nc(C(F)(F)F)c1Oc1ccc(Cl)c(Cl)c1. The van der Waals surface area contributed by atoms with Crippen molar-refractivity contribution in [1.82, 2.24) is 20.2 Å². The van der Waals surface area contributed by atoms with E-state index in [0.717, 1.165) is 0 Å². The summed E-state index contributed by atoms with van der Waals surface area (Å²) >= 11 is 11.6. The number of nitrogens with one attached hydrogen (secondary N) is 1. The summed E-state index contributed by atoms with van der Waals surface area (Å²) in [6, 6.07) is 6.56. The molecule has 0 amide bonds. The first kappa shape index (κ1) is 18.2. The molecule has 3 aromatic rings. The van der Waals surface area contributed by atoms with Gasteiger partial charge in [0.25, 0.3) is 5.56 Å². The van der Waals surface area contributed by atoms with Crippen molar-refractivity contribution < 1.29 is 17.9 Å². The summed E-state index contributed by atoms with van der Waals surface area (Å²) in [7, 11) is 0. The van der Waals surface area contributed by atoms with Gasteiger partial charge in [-0.15, -0.1) is 5.10 Å². The highest BCUT2D eigenvalue weighted by molar-refractivity contribution is 6.42. The van der Waals surface area contributed by atoms with Crippen LogP contribution in [0.2, 0.25) is 10.0 Å². The second-order valence-electron chi connectivity index (χ2n) is 4.88. The van der Waals surface area contributed by atoms with Crippen LogP contribution in [0.1, 0.15) is 5.69 Å². The van der Waals surface area contributed by atoms with Crippen LogP contribution in [0.4, 0.5) is 13.2 Å². The fourth-order valence-corrected chi connectivity index (χ4v) is 2.24. The van der Waals surface area contributed by atoms with Crippen molar-refractivity contribution in [3.05, 3.63) is 62.6 Å². The number of rotatable bonds is 3. The van der Waals surface area contributed by atoms with Crippen molar-refractivity contribution in [1.29, 1.82) is 0 Å². The molecular formula is C15H7Cl2F3N4O2. The third-order valence-electron chi connectivity index (χ3n) is 3.07. The summed E-state index contributed by atoms with van der Waals surface area (Å²) < 4.78 is 45.3. The predicted octanol–water partition coefficient (Wildman–Crippen LogP) is 4.34. The second-order valence-corrected chi connectivity index (χ2v) is 5.69. The minimum Gasteiger partial charge on any atom is -0.449 e. The van der Waals surface area contributed by atoms with E-state index in [0.29, 0.717) is 0 Å². The molecule has 0 atom stereocenters. The lowest BCUT2D eigenvalue weighted by atomic mass is 10.3. The van der Waals surface area contributed by atoms with Gasteiger partial charge in [-0.3, -0.25) is 4.79 Å². The molecular weight excluding hydrogens is 396 g/mol. The van der Waals surface area contributed by atoms with Crippen LogP contribution in [0.3, 0.4) is 0 Å². The molecule has 134 valence electrons. The first-order chi connectivity index (χ1) is 12.3. The van der Waals surface area contributed by atoms with E-state index in [1.54, 1.807) is 0 Å². The second kappa shape index (κ2) is 6.93. The zero-order valence-electron chi connectivity index (χ0n) is 12.5. The summed E-state index contributed by atoms with van der Waals surface area (Å²) in [6.07, 6.45) is -3.62. The maximum atomic E-state index is 13.4. The predicted molar refractivity (Wildman–Crippen MR) is 87.4 cm³/mol. The van der Waals surface area contributed by atoms with E-state index in [4.69, 9.17) is 27.9 Å². The number of benzene rings is 1. The van der Waals surface area contributed by atoms with Crippen LogP contribution in [-0.4, -0.2) is 20.2 Å². The number of nitrogens with zero attached hydrogens (tertiary/aromatic N) is 3. The lowest BCUT2D eigenvalue weighted by Crippen LogP contribution is -2.21. The first-order valence-corrected chi connectivity index (χ1v) is 7.64. The van der Waals surface area contributed by atoms with Crippen molar-refractivity contribution >= 4 is 23.2 Å². The van der Waals surface area contributed by atoms with Gasteiger partial charge in [0.2, 0.25) is 5.75 Å². The first-order valence-electron chi connectivity index (χ1n) is 6.88. The minimum atomic E-state index is -4.95. The Hall–Kier alpha value is -2.65. The smallest absolute Gasteiger partial charge is 0.437 e. The molecule has 2 heterocycles. The lowest BCUT2D eigenvalue weighted by molar-refractivity contribution is -0.142. The lowest BCUT2D eigenvalue weighted by Gasteiger charge is -2.13. The summed E-state index contributed by atoms with van der Waals surface area (Å²) in [5, 5.41) is 7.40. The standard InChI is InChI=1S/C15H7Cl2F3N4O2/c16-8-4-3-7(6-9(8)17)26-11-12(15(18,19)20)22-13(23-14(11)25)10-2-1-5-21-24-10/h1-6H,(H,22,23,25). The number of hydrogen-bond acceptors (Lipinski definition) is 5. The Labute approximate surface area is 153 Å². The Morgan fingerprint density at radius 3 is 2.50 bits per heavy atom. The molecule has 3 rings (SSSR count). The van der Waals surface area contributed by atoms with E-state index in [9.17, 15) is 18.0 Å². The Kier molecular flexibility index (Phi) is 4.84. The topological polar surface area (TPSA) is 80.8 Å². The minimum absolute atomic E-state index is 0.0313. The van der Waals surface area contributed by atoms with Crippen molar-refractivity contribution in [3.63, 3.8) is 0 Å². The van der Waals surface area contributed by atoms with Crippen LogP contribution in [0.5, 0.6) is 11.5 Å². The Bertz CT molecular complexity index is 1010. The van der Waals surface area contributed by atoms with Gasteiger partial charge in [0.1, 0.15) is 11.4 Å². The summed E-state index contributed by atoms with van der Waals surface area (Å²) in [4.78, 5) is 17.9. The van der Waals surface area contributed by atoms with E-state index in [-0.39, 0.29) is 21.5 Å². The van der Waals surface area contributed by atoms with Gasteiger partial charge in [-0.25, -0.2) is 4.98 Å². The van der Waals surface area contributed by atoms with E-state index >= 15 is 0 Å². The quantitative estimate of drug-likeness (QED) is 0.704. The molecule has 0 fully saturated rings. The summed E-state index contributed by atoms with van der Waals surface area (Å²) in [5.74, 6) is -1.52. The fourth-order valence-electron chi connectivity index (χ4n) is 1.96. The molecule has 1 N–H and O–H groups in total. The van der Waals surface area contributed by atoms with Crippen LogP contribution in [0.25, 0.3) is 11.5 Å². The van der Waals surface area contributed by atoms with Crippen LogP contribution < -0.4 is 10.3 Å². The van der Waals surface area contributed by atoms with Gasteiger partial charge in [-0.2, -0.15) is 18.3 Å². The van der Waals surface area contributed by atoms with Gasteiger partial charge in [-0.05, 0) is 24.3 Å². The molecule has 0 saturated carbocycles. The van der Waals surface area contributed by atoms with Crippen molar-refractivity contribution in [2.75, 3.05) is 0 Å². The molecule has 0 bridgehead atoms. The Morgan fingerprint density at radius 2 is 1.88 bits per heavy atom. The van der Waals surface area contributed by atoms with E-state index in [1.165, 1.54) is 36.5 Å². The number of H-pyrrole nitrogens is 1. The largest absolute Gasteiger partial charge is 0.449 e. The third kappa shape index (κ3) is 3.78. The van der Waals surface area contributed by atoms with Crippen molar-refractivity contribution in [3.8, 4) is 23.0 Å². The van der Waals surface area contributed by atoms with Crippen LogP contribution in [0.15, 0.2) is 41.3 Å². The molecule has 11 heteroatoms. The zero-order valence-corrected chi connectivity index (χ0v) is 14.0. The fraction of sp³-hybridized carbons (Fsp3) is 0.0667. The van der Waals surface area contributed by atoms with E-state index in [1.807, 2.05) is 0 Å². The normalized spacial score (nSPS) is 11.4. The summed E-state index contributed by atoms with van der Waals surface area (Å²) in [6.45, 7) is 0. The number of hydrogen-bond donors (Lipinski definition) is 1. The van der Waals surface area contributed by atoms with Crippen LogP contribution in [-0.2, 0) is 6.18 Å². The molecule has 26 heavy (non-hydrogen) atoms. The highest BCUT2D eigenvalue weighted by Crippen LogP contribution is 2.36. The maximum Gasteiger partial charge on any atom is 0.437 e. The molecule has 1 aromatic carbocycles. The number of aromatic nitrogens is 4. The Morgan fingerprint density at radius 1 is 1.12 bits per heavy atom. The van der Waals surface area contributed by atoms with Crippen LogP contribution in [0, 0.1) is 0 Å². The van der Waals surface area contributed by atoms with E-state index in [2.05, 4.69) is 20.2 Å². The van der Waals surface area contributed by atoms with Gasteiger partial charge in [0.05, 0.1) is 10.0 Å². The van der Waals surface area contributed by atoms with Crippen molar-refractivity contribution in [2.45, 2.75) is 6.18 Å². The van der Waals surface area contributed by atoms with Gasteiger partial charge in [0.15, 0.2) is 11.5 Å². The molecule has 2 aromatic heterocycles. The molecule has 0 aliphatic heterocycles. The zero-order chi connectivity index (χ0) is 18.9. The summed E-state index contributed by atoms with van der Waals surface area (Å²) in [5.41, 5.74) is -2.68. The molecule has 6 nitrogen and oxygen atoms in total. The Balaban J connectivity index is 2.12. The van der Waals surface area contributed by atoms with Gasteiger partial charge < -0.3 is 9.72 Å². The molecule has 0 radical (unpaired) electrons. The van der Waals surface area contributed by atoms with Crippen molar-refractivity contribution in [2.24, 2.45) is 0 Å². The molecule has 0 unspecified atom stereocenters. The average molecular weight is 403 g/mol. The van der Waals surface area contributed by atoms with E-state index < -0.39 is 29.0 Å². The van der Waals surface area contributed by atoms with Crippen LogP contribution >= 0.6 is 23.2 Å². The van der Waals surface area contributed by atoms with Gasteiger partial charge >= 0.3 is 6.18 Å². The monoisotopic (exact) mass is 402 g/mol. The highest BCUT2D eigenvalue weighted by Gasteiger charge is 2.39. The maximum absolute atomic E-state index is 13.4. The molecule has 0 spiro atoms. The number of aromatic amines is 1. The molecule has 0 aliphatic carbocycles. The number of ether oxygens (including phenoxy) is 1. The molecule has 0 aliphatic rings.